The Hall–Kier alpha value is -1.88. The summed E-state index contributed by atoms with van der Waals surface area (Å²) in [4.78, 5) is 24.9. The summed E-state index contributed by atoms with van der Waals surface area (Å²) in [5, 5.41) is 11.8. The number of benzene rings is 1. The summed E-state index contributed by atoms with van der Waals surface area (Å²) in [6.07, 6.45) is 0.800. The van der Waals surface area contributed by atoms with Gasteiger partial charge in [-0.05, 0) is 45.4 Å². The quantitative estimate of drug-likeness (QED) is 0.810. The maximum atomic E-state index is 12.3. The van der Waals surface area contributed by atoms with Crippen LogP contribution in [0.25, 0.3) is 0 Å². The molecule has 0 aliphatic rings. The van der Waals surface area contributed by atoms with Crippen molar-refractivity contribution in [2.45, 2.75) is 40.2 Å². The fraction of sp³-hybridized carbons (Fsp3) is 0.500. The van der Waals surface area contributed by atoms with E-state index in [1.54, 1.807) is 11.8 Å². The Kier molecular flexibility index (Phi) is 6.37. The van der Waals surface area contributed by atoms with Crippen LogP contribution in [-0.2, 0) is 9.59 Å². The van der Waals surface area contributed by atoms with Crippen molar-refractivity contribution in [3.05, 3.63) is 29.3 Å². The molecule has 0 saturated carbocycles. The molecule has 0 spiro atoms. The van der Waals surface area contributed by atoms with Crippen LogP contribution in [0.15, 0.2) is 18.2 Å². The van der Waals surface area contributed by atoms with Crippen LogP contribution in [0.5, 0.6) is 0 Å². The average molecular weight is 292 g/mol. The van der Waals surface area contributed by atoms with E-state index in [9.17, 15) is 9.59 Å². The van der Waals surface area contributed by atoms with Crippen LogP contribution in [0.1, 0.15) is 31.4 Å². The van der Waals surface area contributed by atoms with Gasteiger partial charge in [0, 0.05) is 5.69 Å². The topological polar surface area (TPSA) is 69.6 Å². The summed E-state index contributed by atoms with van der Waals surface area (Å²) < 4.78 is 0. The van der Waals surface area contributed by atoms with Crippen LogP contribution in [0.4, 0.5) is 5.69 Å². The summed E-state index contributed by atoms with van der Waals surface area (Å²) in [5.74, 6) is -1.11. The van der Waals surface area contributed by atoms with E-state index in [-0.39, 0.29) is 12.5 Å². The van der Waals surface area contributed by atoms with Gasteiger partial charge in [0.05, 0.1) is 12.6 Å². The summed E-state index contributed by atoms with van der Waals surface area (Å²) >= 11 is 0. The minimum Gasteiger partial charge on any atom is -0.480 e. The Morgan fingerprint density at radius 2 is 2.00 bits per heavy atom. The molecule has 0 aliphatic heterocycles. The number of carboxylic acids is 1. The number of nitrogens with zero attached hydrogens (tertiary/aromatic N) is 1. The Balaban J connectivity index is 2.78. The molecular formula is C16H24N2O3. The Bertz CT molecular complexity index is 514. The van der Waals surface area contributed by atoms with Gasteiger partial charge in [0.25, 0.3) is 0 Å². The molecule has 1 aromatic carbocycles. The predicted molar refractivity (Wildman–Crippen MR) is 83.5 cm³/mol. The van der Waals surface area contributed by atoms with Gasteiger partial charge in [-0.2, -0.15) is 0 Å². The Labute approximate surface area is 126 Å². The van der Waals surface area contributed by atoms with E-state index in [1.807, 2.05) is 39.0 Å². The van der Waals surface area contributed by atoms with E-state index >= 15 is 0 Å². The summed E-state index contributed by atoms with van der Waals surface area (Å²) in [6, 6.07) is 5.33. The maximum absolute atomic E-state index is 12.3. The van der Waals surface area contributed by atoms with Gasteiger partial charge in [0.1, 0.15) is 0 Å². The number of rotatable bonds is 7. The van der Waals surface area contributed by atoms with E-state index < -0.39 is 12.0 Å². The molecule has 0 bridgehead atoms. The monoisotopic (exact) mass is 292 g/mol. The van der Waals surface area contributed by atoms with Crippen molar-refractivity contribution in [2.24, 2.45) is 0 Å². The molecule has 0 radical (unpaired) electrons. The summed E-state index contributed by atoms with van der Waals surface area (Å²) in [6.45, 7) is 8.08. The zero-order valence-electron chi connectivity index (χ0n) is 13.1. The van der Waals surface area contributed by atoms with Gasteiger partial charge in [-0.1, -0.05) is 24.6 Å². The Morgan fingerprint density at radius 1 is 1.33 bits per heavy atom. The lowest BCUT2D eigenvalue weighted by Crippen LogP contribution is -2.45. The molecule has 5 nitrogen and oxygen atoms in total. The molecular weight excluding hydrogens is 268 g/mol. The lowest BCUT2D eigenvalue weighted by molar-refractivity contribution is -0.139. The van der Waals surface area contributed by atoms with E-state index in [0.717, 1.165) is 23.2 Å². The number of anilines is 1. The number of hydrogen-bond acceptors (Lipinski definition) is 3. The highest BCUT2D eigenvalue weighted by Crippen LogP contribution is 2.17. The number of carbonyl (C=O) groups is 2. The molecule has 5 heteroatoms. The van der Waals surface area contributed by atoms with Crippen molar-refractivity contribution in [3.63, 3.8) is 0 Å². The lowest BCUT2D eigenvalue weighted by Gasteiger charge is -2.26. The first-order valence-corrected chi connectivity index (χ1v) is 7.19. The fourth-order valence-electron chi connectivity index (χ4n) is 2.23. The number of amides is 1. The second-order valence-electron chi connectivity index (χ2n) is 5.35. The van der Waals surface area contributed by atoms with Gasteiger partial charge >= 0.3 is 5.97 Å². The van der Waals surface area contributed by atoms with Crippen LogP contribution in [0.3, 0.4) is 0 Å². The number of aliphatic carboxylic acids is 1. The van der Waals surface area contributed by atoms with Crippen molar-refractivity contribution >= 4 is 17.6 Å². The van der Waals surface area contributed by atoms with E-state index in [1.165, 1.54) is 0 Å². The zero-order chi connectivity index (χ0) is 16.0. The fourth-order valence-corrected chi connectivity index (χ4v) is 2.23. The van der Waals surface area contributed by atoms with Crippen LogP contribution >= 0.6 is 0 Å². The lowest BCUT2D eigenvalue weighted by atomic mass is 10.1. The van der Waals surface area contributed by atoms with Gasteiger partial charge in [0.2, 0.25) is 5.91 Å². The molecule has 21 heavy (non-hydrogen) atoms. The predicted octanol–water partition coefficient (Wildman–Crippen LogP) is 2.43. The molecule has 116 valence electrons. The smallest absolute Gasteiger partial charge is 0.317 e. The summed E-state index contributed by atoms with van der Waals surface area (Å²) in [7, 11) is 0. The molecule has 0 aromatic heterocycles. The van der Waals surface area contributed by atoms with Gasteiger partial charge in [-0.3, -0.25) is 14.5 Å². The van der Waals surface area contributed by atoms with Gasteiger partial charge in [0.15, 0.2) is 0 Å². The molecule has 0 heterocycles. The minimum absolute atomic E-state index is 0.130. The van der Waals surface area contributed by atoms with Crippen molar-refractivity contribution in [1.82, 2.24) is 4.90 Å². The Morgan fingerprint density at radius 3 is 2.52 bits per heavy atom. The first-order chi connectivity index (χ1) is 9.85. The third kappa shape index (κ3) is 5.19. The van der Waals surface area contributed by atoms with Crippen LogP contribution in [0, 0.1) is 13.8 Å². The van der Waals surface area contributed by atoms with Crippen molar-refractivity contribution < 1.29 is 14.7 Å². The van der Waals surface area contributed by atoms with Gasteiger partial charge in [-0.15, -0.1) is 0 Å². The van der Waals surface area contributed by atoms with Crippen molar-refractivity contribution in [1.29, 1.82) is 0 Å². The summed E-state index contributed by atoms with van der Waals surface area (Å²) in [5.41, 5.74) is 2.90. The van der Waals surface area contributed by atoms with Crippen molar-refractivity contribution in [2.75, 3.05) is 18.4 Å². The molecule has 0 saturated heterocycles. The SMILES string of the molecule is CCCN(CC(=O)O)C(C)C(=O)Nc1ccc(C)cc1C. The number of aryl methyl sites for hydroxylation is 2. The van der Waals surface area contributed by atoms with Crippen LogP contribution in [-0.4, -0.2) is 41.0 Å². The number of hydrogen-bond donors (Lipinski definition) is 2. The van der Waals surface area contributed by atoms with E-state index in [0.29, 0.717) is 6.54 Å². The third-order valence-corrected chi connectivity index (χ3v) is 3.42. The first-order valence-electron chi connectivity index (χ1n) is 7.19. The molecule has 1 aromatic rings. The molecule has 1 amide bonds. The molecule has 1 atom stereocenters. The van der Waals surface area contributed by atoms with E-state index in [4.69, 9.17) is 5.11 Å². The molecule has 1 unspecified atom stereocenters. The second kappa shape index (κ2) is 7.78. The molecule has 2 N–H and O–H groups in total. The zero-order valence-corrected chi connectivity index (χ0v) is 13.1. The number of carbonyl (C=O) groups excluding carboxylic acids is 1. The number of nitrogens with one attached hydrogen (secondary N) is 1. The highest BCUT2D eigenvalue weighted by atomic mass is 16.4. The average Bonchev–Trinajstić information content (AvgIpc) is 2.40. The van der Waals surface area contributed by atoms with Crippen LogP contribution in [0.2, 0.25) is 0 Å². The molecule has 0 aliphatic carbocycles. The maximum Gasteiger partial charge on any atom is 0.317 e. The number of carboxylic acid groups (broad SMARTS) is 1. The van der Waals surface area contributed by atoms with Gasteiger partial charge in [-0.25, -0.2) is 0 Å². The van der Waals surface area contributed by atoms with E-state index in [2.05, 4.69) is 5.32 Å². The van der Waals surface area contributed by atoms with Gasteiger partial charge < -0.3 is 10.4 Å². The largest absolute Gasteiger partial charge is 0.480 e. The highest BCUT2D eigenvalue weighted by Gasteiger charge is 2.23. The normalized spacial score (nSPS) is 12.2. The van der Waals surface area contributed by atoms with Crippen molar-refractivity contribution in [3.8, 4) is 0 Å². The first kappa shape index (κ1) is 17.2. The standard InChI is InChI=1S/C16H24N2O3/c1-5-8-18(10-15(19)20)13(4)16(21)17-14-7-6-11(2)9-12(14)3/h6-7,9,13H,5,8,10H2,1-4H3,(H,17,21)(H,19,20). The minimum atomic E-state index is -0.922. The third-order valence-electron chi connectivity index (χ3n) is 3.42. The highest BCUT2D eigenvalue weighted by molar-refractivity contribution is 5.95. The molecule has 1 rings (SSSR count). The second-order valence-corrected chi connectivity index (χ2v) is 5.35. The van der Waals surface area contributed by atoms with Crippen LogP contribution < -0.4 is 5.32 Å². The molecule has 0 fully saturated rings.